The molecule has 0 saturated heterocycles. The molecule has 15 heavy (non-hydrogen) atoms. The van der Waals surface area contributed by atoms with Crippen LogP contribution in [0.15, 0.2) is 30.6 Å². The van der Waals surface area contributed by atoms with E-state index in [0.29, 0.717) is 16.5 Å². The van der Waals surface area contributed by atoms with Crippen molar-refractivity contribution in [3.05, 3.63) is 40.7 Å². The molecule has 1 heterocycles. The van der Waals surface area contributed by atoms with Crippen LogP contribution in [0.25, 0.3) is 10.8 Å². The van der Waals surface area contributed by atoms with Gasteiger partial charge < -0.3 is 4.74 Å². The number of nitro benzene ring substituents is 1. The Balaban J connectivity index is 2.83. The molecule has 0 bridgehead atoms. The maximum absolute atomic E-state index is 10.8. The number of nitro groups is 1. The summed E-state index contributed by atoms with van der Waals surface area (Å²) in [6.45, 7) is 0. The van der Waals surface area contributed by atoms with E-state index in [2.05, 4.69) is 4.98 Å². The topological polar surface area (TPSA) is 65.3 Å². The Bertz CT molecular complexity index is 525. The molecule has 0 amide bonds. The number of methoxy groups -OCH3 is 1. The fourth-order valence-electron chi connectivity index (χ4n) is 1.49. The molecule has 0 unspecified atom stereocenters. The summed E-state index contributed by atoms with van der Waals surface area (Å²) in [6, 6.07) is 4.61. The van der Waals surface area contributed by atoms with Crippen LogP contribution in [0.2, 0.25) is 0 Å². The highest BCUT2D eigenvalue weighted by Crippen LogP contribution is 2.31. The number of fused-ring (bicyclic) bond motifs is 1. The van der Waals surface area contributed by atoms with Gasteiger partial charge in [-0.3, -0.25) is 15.1 Å². The standard InChI is InChI=1S/C10H8N2O3/c1-15-10-3-2-9(12(13)14)7-4-5-11-6-8(7)10/h2-6H,1H3. The van der Waals surface area contributed by atoms with E-state index in [1.54, 1.807) is 18.3 Å². The molecule has 76 valence electrons. The van der Waals surface area contributed by atoms with Gasteiger partial charge in [0.05, 0.1) is 17.4 Å². The first kappa shape index (κ1) is 9.39. The minimum absolute atomic E-state index is 0.0631. The molecule has 2 rings (SSSR count). The van der Waals surface area contributed by atoms with E-state index in [0.717, 1.165) is 0 Å². The Morgan fingerprint density at radius 2 is 2.13 bits per heavy atom. The Morgan fingerprint density at radius 1 is 1.33 bits per heavy atom. The van der Waals surface area contributed by atoms with Gasteiger partial charge in [0, 0.05) is 23.8 Å². The van der Waals surface area contributed by atoms with Gasteiger partial charge in [-0.05, 0) is 12.1 Å². The van der Waals surface area contributed by atoms with Gasteiger partial charge >= 0.3 is 0 Å². The van der Waals surface area contributed by atoms with Gasteiger partial charge in [0.2, 0.25) is 0 Å². The molecule has 0 saturated carbocycles. The second-order valence-electron chi connectivity index (χ2n) is 2.97. The van der Waals surface area contributed by atoms with Crippen LogP contribution in [-0.4, -0.2) is 17.0 Å². The summed E-state index contributed by atoms with van der Waals surface area (Å²) in [4.78, 5) is 14.3. The lowest BCUT2D eigenvalue weighted by atomic mass is 10.1. The molecule has 5 nitrogen and oxygen atoms in total. The molecule has 2 aromatic rings. The van der Waals surface area contributed by atoms with Gasteiger partial charge in [0.15, 0.2) is 0 Å². The molecule has 0 fully saturated rings. The molecule has 0 aliphatic carbocycles. The second kappa shape index (κ2) is 3.53. The van der Waals surface area contributed by atoms with Gasteiger partial charge in [0.25, 0.3) is 5.69 Å². The summed E-state index contributed by atoms with van der Waals surface area (Å²) < 4.78 is 5.10. The normalized spacial score (nSPS) is 10.2. The largest absolute Gasteiger partial charge is 0.496 e. The lowest BCUT2D eigenvalue weighted by Gasteiger charge is -2.04. The molecule has 5 heteroatoms. The van der Waals surface area contributed by atoms with Crippen molar-refractivity contribution in [1.29, 1.82) is 0 Å². The Kier molecular flexibility index (Phi) is 2.21. The number of pyridine rings is 1. The number of benzene rings is 1. The fraction of sp³-hybridized carbons (Fsp3) is 0.100. The summed E-state index contributed by atoms with van der Waals surface area (Å²) in [5.41, 5.74) is 0.0631. The third kappa shape index (κ3) is 1.48. The van der Waals surface area contributed by atoms with Crippen molar-refractivity contribution < 1.29 is 9.66 Å². The molecule has 1 aromatic heterocycles. The first-order valence-corrected chi connectivity index (χ1v) is 4.29. The second-order valence-corrected chi connectivity index (χ2v) is 2.97. The molecule has 0 aliphatic rings. The highest BCUT2D eigenvalue weighted by atomic mass is 16.6. The number of nitrogens with zero attached hydrogens (tertiary/aromatic N) is 2. The van der Waals surface area contributed by atoms with Crippen LogP contribution in [0.4, 0.5) is 5.69 Å². The van der Waals surface area contributed by atoms with Crippen LogP contribution in [0.5, 0.6) is 5.75 Å². The van der Waals surface area contributed by atoms with E-state index in [1.165, 1.54) is 19.4 Å². The molecule has 0 N–H and O–H groups in total. The van der Waals surface area contributed by atoms with Gasteiger partial charge in [-0.25, -0.2) is 0 Å². The van der Waals surface area contributed by atoms with Crippen molar-refractivity contribution in [2.45, 2.75) is 0 Å². The van der Waals surface area contributed by atoms with Crippen LogP contribution in [0.3, 0.4) is 0 Å². The predicted octanol–water partition coefficient (Wildman–Crippen LogP) is 2.15. The third-order valence-electron chi connectivity index (χ3n) is 2.17. The monoisotopic (exact) mass is 204 g/mol. The van der Waals surface area contributed by atoms with E-state index < -0.39 is 4.92 Å². The van der Waals surface area contributed by atoms with Crippen LogP contribution in [0.1, 0.15) is 0 Å². The van der Waals surface area contributed by atoms with Gasteiger partial charge in [-0.2, -0.15) is 0 Å². The number of non-ortho nitro benzene ring substituents is 1. The van der Waals surface area contributed by atoms with Crippen molar-refractivity contribution in [1.82, 2.24) is 4.98 Å². The number of hydrogen-bond donors (Lipinski definition) is 0. The Hall–Kier alpha value is -2.17. The Labute approximate surface area is 85.5 Å². The summed E-state index contributed by atoms with van der Waals surface area (Å²) >= 11 is 0. The summed E-state index contributed by atoms with van der Waals surface area (Å²) in [5, 5.41) is 11.9. The smallest absolute Gasteiger partial charge is 0.277 e. The van der Waals surface area contributed by atoms with Crippen molar-refractivity contribution in [2.75, 3.05) is 7.11 Å². The van der Waals surface area contributed by atoms with Crippen LogP contribution in [0, 0.1) is 10.1 Å². The van der Waals surface area contributed by atoms with E-state index in [4.69, 9.17) is 4.74 Å². The molecule has 0 atom stereocenters. The highest BCUT2D eigenvalue weighted by molar-refractivity contribution is 5.94. The van der Waals surface area contributed by atoms with Gasteiger partial charge in [-0.1, -0.05) is 0 Å². The van der Waals surface area contributed by atoms with E-state index >= 15 is 0 Å². The average Bonchev–Trinajstić information content (AvgIpc) is 2.27. The molecule has 0 aliphatic heterocycles. The number of aromatic nitrogens is 1. The predicted molar refractivity (Wildman–Crippen MR) is 54.9 cm³/mol. The molecular formula is C10H8N2O3. The minimum Gasteiger partial charge on any atom is -0.496 e. The maximum atomic E-state index is 10.8. The first-order chi connectivity index (χ1) is 7.24. The third-order valence-corrected chi connectivity index (χ3v) is 2.17. The van der Waals surface area contributed by atoms with E-state index in [1.807, 2.05) is 0 Å². The lowest BCUT2D eigenvalue weighted by Crippen LogP contribution is -1.92. The summed E-state index contributed by atoms with van der Waals surface area (Å²) in [7, 11) is 1.52. The maximum Gasteiger partial charge on any atom is 0.277 e. The number of hydrogen-bond acceptors (Lipinski definition) is 4. The number of ether oxygens (including phenoxy) is 1. The molecular weight excluding hydrogens is 196 g/mol. The zero-order chi connectivity index (χ0) is 10.8. The van der Waals surface area contributed by atoms with Crippen molar-refractivity contribution in [3.8, 4) is 5.75 Å². The SMILES string of the molecule is COc1ccc([N+](=O)[O-])c2ccncc12. The summed E-state index contributed by atoms with van der Waals surface area (Å²) in [5.74, 6) is 0.587. The van der Waals surface area contributed by atoms with Gasteiger partial charge in [-0.15, -0.1) is 0 Å². The summed E-state index contributed by atoms with van der Waals surface area (Å²) in [6.07, 6.45) is 3.08. The molecule has 0 radical (unpaired) electrons. The van der Waals surface area contributed by atoms with Crippen molar-refractivity contribution in [2.24, 2.45) is 0 Å². The number of rotatable bonds is 2. The van der Waals surface area contributed by atoms with Crippen LogP contribution >= 0.6 is 0 Å². The zero-order valence-corrected chi connectivity index (χ0v) is 8.01. The highest BCUT2D eigenvalue weighted by Gasteiger charge is 2.13. The molecule has 1 aromatic carbocycles. The van der Waals surface area contributed by atoms with E-state index in [-0.39, 0.29) is 5.69 Å². The Morgan fingerprint density at radius 3 is 2.80 bits per heavy atom. The minimum atomic E-state index is -0.415. The fourth-order valence-corrected chi connectivity index (χ4v) is 1.49. The zero-order valence-electron chi connectivity index (χ0n) is 8.01. The quantitative estimate of drug-likeness (QED) is 0.555. The van der Waals surface area contributed by atoms with Crippen molar-refractivity contribution >= 4 is 16.5 Å². The molecule has 0 spiro atoms. The van der Waals surface area contributed by atoms with E-state index in [9.17, 15) is 10.1 Å². The van der Waals surface area contributed by atoms with Crippen molar-refractivity contribution in [3.63, 3.8) is 0 Å². The average molecular weight is 204 g/mol. The van der Waals surface area contributed by atoms with Crippen LogP contribution < -0.4 is 4.74 Å². The van der Waals surface area contributed by atoms with Gasteiger partial charge in [0.1, 0.15) is 5.75 Å². The first-order valence-electron chi connectivity index (χ1n) is 4.29. The lowest BCUT2D eigenvalue weighted by molar-refractivity contribution is -0.383. The van der Waals surface area contributed by atoms with Crippen LogP contribution in [-0.2, 0) is 0 Å².